The maximum Gasteiger partial charge on any atom is 0.253 e. The SMILES string of the molecule is CNCc1ccc(C(=O)N2CCCCCC2)cc1. The van der Waals surface area contributed by atoms with E-state index in [1.165, 1.54) is 18.4 Å². The highest BCUT2D eigenvalue weighted by Crippen LogP contribution is 2.14. The van der Waals surface area contributed by atoms with Crippen LogP contribution in [-0.4, -0.2) is 30.9 Å². The minimum absolute atomic E-state index is 0.188. The number of benzene rings is 1. The first kappa shape index (κ1) is 13.1. The molecule has 1 fully saturated rings. The van der Waals surface area contributed by atoms with Gasteiger partial charge in [0, 0.05) is 25.2 Å². The summed E-state index contributed by atoms with van der Waals surface area (Å²) in [4.78, 5) is 14.3. The molecule has 0 aliphatic carbocycles. The van der Waals surface area contributed by atoms with Gasteiger partial charge >= 0.3 is 0 Å². The number of likely N-dealkylation sites (tertiary alicyclic amines) is 1. The van der Waals surface area contributed by atoms with Gasteiger partial charge < -0.3 is 10.2 Å². The normalized spacial score (nSPS) is 16.4. The van der Waals surface area contributed by atoms with Crippen molar-refractivity contribution in [1.82, 2.24) is 10.2 Å². The number of hydrogen-bond donors (Lipinski definition) is 1. The quantitative estimate of drug-likeness (QED) is 0.888. The third kappa shape index (κ3) is 3.33. The van der Waals surface area contributed by atoms with Crippen molar-refractivity contribution < 1.29 is 4.79 Å². The van der Waals surface area contributed by atoms with E-state index in [1.54, 1.807) is 0 Å². The molecule has 18 heavy (non-hydrogen) atoms. The number of rotatable bonds is 3. The monoisotopic (exact) mass is 246 g/mol. The molecule has 1 N–H and O–H groups in total. The summed E-state index contributed by atoms with van der Waals surface area (Å²) in [6.07, 6.45) is 4.79. The minimum Gasteiger partial charge on any atom is -0.339 e. The third-order valence-electron chi connectivity index (χ3n) is 3.48. The molecule has 2 rings (SSSR count). The number of amides is 1. The summed E-state index contributed by atoms with van der Waals surface area (Å²) in [7, 11) is 1.93. The van der Waals surface area contributed by atoms with Crippen molar-refractivity contribution in [3.05, 3.63) is 35.4 Å². The lowest BCUT2D eigenvalue weighted by Gasteiger charge is -2.20. The number of carbonyl (C=O) groups is 1. The maximum atomic E-state index is 12.3. The maximum absolute atomic E-state index is 12.3. The molecule has 1 aliphatic heterocycles. The molecule has 0 atom stereocenters. The lowest BCUT2D eigenvalue weighted by Crippen LogP contribution is -2.31. The van der Waals surface area contributed by atoms with Crippen LogP contribution in [0, 0.1) is 0 Å². The number of nitrogens with one attached hydrogen (secondary N) is 1. The number of hydrogen-bond acceptors (Lipinski definition) is 2. The Bertz CT molecular complexity index is 378. The van der Waals surface area contributed by atoms with Crippen molar-refractivity contribution in [2.24, 2.45) is 0 Å². The summed E-state index contributed by atoms with van der Waals surface area (Å²) in [6.45, 7) is 2.67. The van der Waals surface area contributed by atoms with Gasteiger partial charge in [-0.3, -0.25) is 4.79 Å². The van der Waals surface area contributed by atoms with Crippen molar-refractivity contribution in [2.45, 2.75) is 32.2 Å². The van der Waals surface area contributed by atoms with E-state index in [9.17, 15) is 4.79 Å². The Morgan fingerprint density at radius 3 is 2.28 bits per heavy atom. The third-order valence-corrected chi connectivity index (χ3v) is 3.48. The fraction of sp³-hybridized carbons (Fsp3) is 0.533. The van der Waals surface area contributed by atoms with E-state index < -0.39 is 0 Å². The summed E-state index contributed by atoms with van der Waals surface area (Å²) >= 11 is 0. The van der Waals surface area contributed by atoms with Gasteiger partial charge in [0.05, 0.1) is 0 Å². The Morgan fingerprint density at radius 1 is 1.11 bits per heavy atom. The summed E-state index contributed by atoms with van der Waals surface area (Å²) in [5, 5.41) is 3.11. The topological polar surface area (TPSA) is 32.3 Å². The number of nitrogens with zero attached hydrogens (tertiary/aromatic N) is 1. The molecule has 0 bridgehead atoms. The molecule has 98 valence electrons. The molecule has 0 spiro atoms. The van der Waals surface area contributed by atoms with Crippen LogP contribution in [-0.2, 0) is 6.54 Å². The fourth-order valence-corrected chi connectivity index (χ4v) is 2.43. The molecular formula is C15H22N2O. The molecule has 3 heteroatoms. The molecule has 1 aliphatic rings. The Balaban J connectivity index is 2.02. The molecule has 0 saturated carbocycles. The fourth-order valence-electron chi connectivity index (χ4n) is 2.43. The second-order valence-corrected chi connectivity index (χ2v) is 4.93. The van der Waals surface area contributed by atoms with Crippen LogP contribution in [0.15, 0.2) is 24.3 Å². The molecule has 1 saturated heterocycles. The van der Waals surface area contributed by atoms with E-state index in [1.807, 2.05) is 36.2 Å². The van der Waals surface area contributed by atoms with E-state index in [0.29, 0.717) is 0 Å². The van der Waals surface area contributed by atoms with Gasteiger partial charge in [0.1, 0.15) is 0 Å². The minimum atomic E-state index is 0.188. The summed E-state index contributed by atoms with van der Waals surface area (Å²) in [6, 6.07) is 7.95. The van der Waals surface area contributed by atoms with Gasteiger partial charge in [-0.25, -0.2) is 0 Å². The predicted molar refractivity (Wildman–Crippen MR) is 73.6 cm³/mol. The molecule has 1 amide bonds. The van der Waals surface area contributed by atoms with Crippen LogP contribution in [0.5, 0.6) is 0 Å². The highest BCUT2D eigenvalue weighted by molar-refractivity contribution is 5.94. The van der Waals surface area contributed by atoms with Crippen LogP contribution in [0.1, 0.15) is 41.6 Å². The van der Waals surface area contributed by atoms with Crippen LogP contribution < -0.4 is 5.32 Å². The van der Waals surface area contributed by atoms with Crippen molar-refractivity contribution in [3.63, 3.8) is 0 Å². The van der Waals surface area contributed by atoms with E-state index in [-0.39, 0.29) is 5.91 Å². The zero-order chi connectivity index (χ0) is 12.8. The second-order valence-electron chi connectivity index (χ2n) is 4.93. The average molecular weight is 246 g/mol. The Labute approximate surface area is 109 Å². The molecule has 0 unspecified atom stereocenters. The van der Waals surface area contributed by atoms with Gasteiger partial charge in [-0.05, 0) is 37.6 Å². The predicted octanol–water partition coefficient (Wildman–Crippen LogP) is 2.42. The molecule has 3 nitrogen and oxygen atoms in total. The van der Waals surface area contributed by atoms with E-state index in [2.05, 4.69) is 5.32 Å². The van der Waals surface area contributed by atoms with Crippen LogP contribution >= 0.6 is 0 Å². The van der Waals surface area contributed by atoms with Gasteiger partial charge in [0.2, 0.25) is 0 Å². The van der Waals surface area contributed by atoms with Gasteiger partial charge in [0.25, 0.3) is 5.91 Å². The van der Waals surface area contributed by atoms with Crippen molar-refractivity contribution in [2.75, 3.05) is 20.1 Å². The molecule has 1 heterocycles. The van der Waals surface area contributed by atoms with Crippen molar-refractivity contribution >= 4 is 5.91 Å². The zero-order valence-corrected chi connectivity index (χ0v) is 11.1. The zero-order valence-electron chi connectivity index (χ0n) is 11.1. The standard InChI is InChI=1S/C15H22N2O/c1-16-12-13-6-8-14(9-7-13)15(18)17-10-4-2-3-5-11-17/h6-9,16H,2-5,10-12H2,1H3. The van der Waals surface area contributed by atoms with Crippen LogP contribution in [0.3, 0.4) is 0 Å². The Hall–Kier alpha value is -1.35. The van der Waals surface area contributed by atoms with Crippen molar-refractivity contribution in [1.29, 1.82) is 0 Å². The highest BCUT2D eigenvalue weighted by atomic mass is 16.2. The van der Waals surface area contributed by atoms with E-state index >= 15 is 0 Å². The molecular weight excluding hydrogens is 224 g/mol. The van der Waals surface area contributed by atoms with Crippen LogP contribution in [0.25, 0.3) is 0 Å². The molecule has 1 aromatic rings. The first-order valence-corrected chi connectivity index (χ1v) is 6.84. The van der Waals surface area contributed by atoms with Crippen molar-refractivity contribution in [3.8, 4) is 0 Å². The molecule has 1 aromatic carbocycles. The van der Waals surface area contributed by atoms with Gasteiger partial charge in [-0.1, -0.05) is 25.0 Å². The van der Waals surface area contributed by atoms with Gasteiger partial charge in [0.15, 0.2) is 0 Å². The van der Waals surface area contributed by atoms with Gasteiger partial charge in [-0.15, -0.1) is 0 Å². The Morgan fingerprint density at radius 2 is 1.72 bits per heavy atom. The van der Waals surface area contributed by atoms with Crippen LogP contribution in [0.4, 0.5) is 0 Å². The highest BCUT2D eigenvalue weighted by Gasteiger charge is 2.16. The number of carbonyl (C=O) groups excluding carboxylic acids is 1. The smallest absolute Gasteiger partial charge is 0.253 e. The van der Waals surface area contributed by atoms with Gasteiger partial charge in [-0.2, -0.15) is 0 Å². The first-order chi connectivity index (χ1) is 8.81. The summed E-state index contributed by atoms with van der Waals surface area (Å²) < 4.78 is 0. The molecule has 0 aromatic heterocycles. The van der Waals surface area contributed by atoms with E-state index in [4.69, 9.17) is 0 Å². The average Bonchev–Trinajstić information content (AvgIpc) is 2.68. The summed E-state index contributed by atoms with van der Waals surface area (Å²) in [5.74, 6) is 0.188. The molecule has 0 radical (unpaired) electrons. The largest absolute Gasteiger partial charge is 0.339 e. The van der Waals surface area contributed by atoms with E-state index in [0.717, 1.165) is 38.0 Å². The van der Waals surface area contributed by atoms with Crippen LogP contribution in [0.2, 0.25) is 0 Å². The lowest BCUT2D eigenvalue weighted by molar-refractivity contribution is 0.0761. The second kappa shape index (κ2) is 6.55. The lowest BCUT2D eigenvalue weighted by atomic mass is 10.1. The summed E-state index contributed by atoms with van der Waals surface area (Å²) in [5.41, 5.74) is 2.03. The Kier molecular flexibility index (Phi) is 4.76. The first-order valence-electron chi connectivity index (χ1n) is 6.84.